The van der Waals surface area contributed by atoms with Gasteiger partial charge >= 0.3 is 5.97 Å². The standard InChI is InChI=1S/C14H9Cl3O2/c15-14(16,17)13(18)19-12-9-5-4-8-11(12)10-6-2-1-3-7-10/h1-9H. The van der Waals surface area contributed by atoms with Crippen LogP contribution in [0.15, 0.2) is 54.6 Å². The number of carbonyl (C=O) groups excluding carboxylic acids is 1. The molecule has 0 N–H and O–H groups in total. The minimum absolute atomic E-state index is 0.352. The van der Waals surface area contributed by atoms with Gasteiger partial charge in [0.15, 0.2) is 0 Å². The summed E-state index contributed by atoms with van der Waals surface area (Å²) >= 11 is 16.5. The number of halogens is 3. The summed E-state index contributed by atoms with van der Waals surface area (Å²) in [6.07, 6.45) is 0. The van der Waals surface area contributed by atoms with Crippen LogP contribution in [0.25, 0.3) is 11.1 Å². The van der Waals surface area contributed by atoms with E-state index >= 15 is 0 Å². The zero-order valence-corrected chi connectivity index (χ0v) is 11.9. The van der Waals surface area contributed by atoms with Crippen LogP contribution in [-0.4, -0.2) is 9.76 Å². The van der Waals surface area contributed by atoms with Gasteiger partial charge in [-0.1, -0.05) is 83.3 Å². The van der Waals surface area contributed by atoms with Crippen LogP contribution in [0, 0.1) is 0 Å². The number of benzene rings is 2. The van der Waals surface area contributed by atoms with Gasteiger partial charge < -0.3 is 4.74 Å². The van der Waals surface area contributed by atoms with Crippen molar-refractivity contribution >= 4 is 40.8 Å². The number of alkyl halides is 3. The van der Waals surface area contributed by atoms with Crippen LogP contribution in [0.5, 0.6) is 5.75 Å². The Morgan fingerprint density at radius 3 is 2.11 bits per heavy atom. The Morgan fingerprint density at radius 2 is 1.47 bits per heavy atom. The minimum atomic E-state index is -2.09. The molecular formula is C14H9Cl3O2. The maximum Gasteiger partial charge on any atom is 0.363 e. The van der Waals surface area contributed by atoms with Gasteiger partial charge in [-0.25, -0.2) is 4.79 Å². The van der Waals surface area contributed by atoms with E-state index < -0.39 is 9.76 Å². The van der Waals surface area contributed by atoms with E-state index in [0.717, 1.165) is 11.1 Å². The molecule has 2 aromatic rings. The highest BCUT2D eigenvalue weighted by atomic mass is 35.6. The van der Waals surface area contributed by atoms with E-state index in [1.165, 1.54) is 0 Å². The molecule has 5 heteroatoms. The monoisotopic (exact) mass is 314 g/mol. The number of hydrogen-bond donors (Lipinski definition) is 0. The van der Waals surface area contributed by atoms with Crippen LogP contribution in [0.3, 0.4) is 0 Å². The average Bonchev–Trinajstić information content (AvgIpc) is 2.39. The Bertz CT molecular complexity index is 577. The summed E-state index contributed by atoms with van der Waals surface area (Å²) in [6, 6.07) is 16.6. The molecule has 0 aliphatic rings. The van der Waals surface area contributed by atoms with Gasteiger partial charge in [0.1, 0.15) is 5.75 Å². The number of ether oxygens (including phenoxy) is 1. The molecule has 0 spiro atoms. The lowest BCUT2D eigenvalue weighted by molar-refractivity contribution is -0.133. The van der Waals surface area contributed by atoms with Crippen molar-refractivity contribution in [3.05, 3.63) is 54.6 Å². The van der Waals surface area contributed by atoms with Crippen LogP contribution in [-0.2, 0) is 4.79 Å². The molecule has 2 aromatic carbocycles. The summed E-state index contributed by atoms with van der Waals surface area (Å²) in [5.41, 5.74) is 1.67. The lowest BCUT2D eigenvalue weighted by atomic mass is 10.1. The Kier molecular flexibility index (Phi) is 4.35. The Balaban J connectivity index is 2.35. The van der Waals surface area contributed by atoms with Crippen molar-refractivity contribution in [1.82, 2.24) is 0 Å². The van der Waals surface area contributed by atoms with Crippen molar-refractivity contribution < 1.29 is 9.53 Å². The molecular weight excluding hydrogens is 307 g/mol. The molecule has 0 aliphatic heterocycles. The molecule has 0 bridgehead atoms. The van der Waals surface area contributed by atoms with Crippen molar-refractivity contribution in [3.63, 3.8) is 0 Å². The maximum atomic E-state index is 11.6. The van der Waals surface area contributed by atoms with Gasteiger partial charge in [-0.15, -0.1) is 0 Å². The fourth-order valence-electron chi connectivity index (χ4n) is 1.57. The molecule has 0 saturated carbocycles. The summed E-state index contributed by atoms with van der Waals surface area (Å²) in [5.74, 6) is -0.578. The van der Waals surface area contributed by atoms with Gasteiger partial charge in [0, 0.05) is 5.56 Å². The molecule has 0 radical (unpaired) electrons. The second-order valence-corrected chi connectivity index (χ2v) is 6.03. The normalized spacial score (nSPS) is 11.1. The molecule has 0 heterocycles. The predicted octanol–water partition coefficient (Wildman–Crippen LogP) is 4.63. The maximum absolute atomic E-state index is 11.6. The van der Waals surface area contributed by atoms with Gasteiger partial charge in [0.2, 0.25) is 0 Å². The molecule has 0 saturated heterocycles. The molecule has 0 atom stereocenters. The van der Waals surface area contributed by atoms with Gasteiger partial charge in [0.05, 0.1) is 0 Å². The van der Waals surface area contributed by atoms with Crippen molar-refractivity contribution in [1.29, 1.82) is 0 Å². The highest BCUT2D eigenvalue weighted by molar-refractivity contribution is 6.75. The van der Waals surface area contributed by atoms with Crippen LogP contribution in [0.2, 0.25) is 0 Å². The van der Waals surface area contributed by atoms with E-state index in [2.05, 4.69) is 0 Å². The van der Waals surface area contributed by atoms with Gasteiger partial charge in [-0.3, -0.25) is 0 Å². The first kappa shape index (κ1) is 14.2. The second-order valence-electron chi connectivity index (χ2n) is 3.75. The van der Waals surface area contributed by atoms with E-state index in [0.29, 0.717) is 5.75 Å². The summed E-state index contributed by atoms with van der Waals surface area (Å²) in [4.78, 5) is 11.6. The molecule has 19 heavy (non-hydrogen) atoms. The third-order valence-corrected chi connectivity index (χ3v) is 2.87. The van der Waals surface area contributed by atoms with Crippen molar-refractivity contribution in [2.24, 2.45) is 0 Å². The smallest absolute Gasteiger partial charge is 0.363 e. The molecule has 2 nitrogen and oxygen atoms in total. The summed E-state index contributed by atoms with van der Waals surface area (Å²) < 4.78 is 3.04. The van der Waals surface area contributed by atoms with Crippen LogP contribution < -0.4 is 4.74 Å². The molecule has 0 aliphatic carbocycles. The lowest BCUT2D eigenvalue weighted by Gasteiger charge is -2.13. The topological polar surface area (TPSA) is 26.3 Å². The first-order chi connectivity index (χ1) is 8.98. The predicted molar refractivity (Wildman–Crippen MR) is 77.8 cm³/mol. The minimum Gasteiger partial charge on any atom is -0.423 e. The molecule has 0 unspecified atom stereocenters. The lowest BCUT2D eigenvalue weighted by Crippen LogP contribution is -2.24. The van der Waals surface area contributed by atoms with Crippen LogP contribution in [0.4, 0.5) is 0 Å². The number of rotatable bonds is 2. The number of hydrogen-bond acceptors (Lipinski definition) is 2. The third kappa shape index (κ3) is 3.63. The van der Waals surface area contributed by atoms with Crippen molar-refractivity contribution in [2.45, 2.75) is 3.79 Å². The summed E-state index contributed by atoms with van der Waals surface area (Å²) in [5, 5.41) is 0. The molecule has 98 valence electrons. The Hall–Kier alpha value is -1.22. The van der Waals surface area contributed by atoms with Gasteiger partial charge in [-0.05, 0) is 11.6 Å². The Morgan fingerprint density at radius 1 is 0.895 bits per heavy atom. The van der Waals surface area contributed by atoms with Gasteiger partial charge in [-0.2, -0.15) is 0 Å². The fraction of sp³-hybridized carbons (Fsp3) is 0.0714. The average molecular weight is 316 g/mol. The highest BCUT2D eigenvalue weighted by Crippen LogP contribution is 2.33. The number of carbonyl (C=O) groups is 1. The van der Waals surface area contributed by atoms with Crippen molar-refractivity contribution in [3.8, 4) is 16.9 Å². The van der Waals surface area contributed by atoms with Crippen molar-refractivity contribution in [2.75, 3.05) is 0 Å². The van der Waals surface area contributed by atoms with Gasteiger partial charge in [0.25, 0.3) is 3.79 Å². The third-order valence-electron chi connectivity index (χ3n) is 2.41. The molecule has 2 rings (SSSR count). The second kappa shape index (κ2) is 5.83. The first-order valence-corrected chi connectivity index (χ1v) is 6.55. The SMILES string of the molecule is O=C(Oc1ccccc1-c1ccccc1)C(Cl)(Cl)Cl. The first-order valence-electron chi connectivity index (χ1n) is 5.42. The number of esters is 1. The molecule has 0 amide bonds. The zero-order chi connectivity index (χ0) is 13.9. The summed E-state index contributed by atoms with van der Waals surface area (Å²) in [7, 11) is 0. The zero-order valence-electron chi connectivity index (χ0n) is 9.65. The molecule has 0 fully saturated rings. The van der Waals surface area contributed by atoms with Crippen LogP contribution in [0.1, 0.15) is 0 Å². The fourth-order valence-corrected chi connectivity index (χ4v) is 1.69. The summed E-state index contributed by atoms with van der Waals surface area (Å²) in [6.45, 7) is 0. The number of para-hydroxylation sites is 1. The largest absolute Gasteiger partial charge is 0.423 e. The van der Waals surface area contributed by atoms with E-state index in [-0.39, 0.29) is 0 Å². The van der Waals surface area contributed by atoms with E-state index in [1.807, 2.05) is 42.5 Å². The molecule has 0 aromatic heterocycles. The van der Waals surface area contributed by atoms with Crippen LogP contribution >= 0.6 is 34.8 Å². The van der Waals surface area contributed by atoms with E-state index in [1.54, 1.807) is 12.1 Å². The Labute approximate surface area is 125 Å². The van der Waals surface area contributed by atoms with E-state index in [9.17, 15) is 4.79 Å². The quantitative estimate of drug-likeness (QED) is 0.459. The van der Waals surface area contributed by atoms with E-state index in [4.69, 9.17) is 39.5 Å². The highest BCUT2D eigenvalue weighted by Gasteiger charge is 2.33.